The molecule has 1 saturated heterocycles. The standard InChI is InChI=1S/C14H13N3O/c1-2-13(18-5-1)14-16-11-4-3-9(6-12(11)17-14)10-7-15-8-10/h1-6,10,15H,7-8H2,(H,16,17). The summed E-state index contributed by atoms with van der Waals surface area (Å²) in [6.07, 6.45) is 1.66. The van der Waals surface area contributed by atoms with Gasteiger partial charge in [-0.1, -0.05) is 6.07 Å². The molecule has 90 valence electrons. The summed E-state index contributed by atoms with van der Waals surface area (Å²) in [5.74, 6) is 2.21. The molecule has 4 rings (SSSR count). The summed E-state index contributed by atoms with van der Waals surface area (Å²) >= 11 is 0. The number of nitrogens with zero attached hydrogens (tertiary/aromatic N) is 1. The fraction of sp³-hybridized carbons (Fsp3) is 0.214. The van der Waals surface area contributed by atoms with Gasteiger partial charge in [0.25, 0.3) is 0 Å². The van der Waals surface area contributed by atoms with Gasteiger partial charge in [0.1, 0.15) is 0 Å². The number of hydrogen-bond acceptors (Lipinski definition) is 3. The normalized spacial score (nSPS) is 16.0. The molecular formula is C14H13N3O. The van der Waals surface area contributed by atoms with E-state index < -0.39 is 0 Å². The number of H-pyrrole nitrogens is 1. The maximum Gasteiger partial charge on any atom is 0.174 e. The van der Waals surface area contributed by atoms with Crippen molar-refractivity contribution in [2.75, 3.05) is 13.1 Å². The Balaban J connectivity index is 1.80. The highest BCUT2D eigenvalue weighted by Crippen LogP contribution is 2.25. The van der Waals surface area contributed by atoms with Gasteiger partial charge in [-0.3, -0.25) is 0 Å². The first-order valence-electron chi connectivity index (χ1n) is 6.14. The molecule has 3 heterocycles. The van der Waals surface area contributed by atoms with Crippen molar-refractivity contribution in [2.24, 2.45) is 0 Å². The molecule has 3 aromatic rings. The molecule has 0 saturated carbocycles. The Labute approximate surface area is 104 Å². The van der Waals surface area contributed by atoms with Crippen molar-refractivity contribution in [2.45, 2.75) is 5.92 Å². The van der Waals surface area contributed by atoms with Crippen LogP contribution in [0.15, 0.2) is 41.0 Å². The quantitative estimate of drug-likeness (QED) is 0.722. The lowest BCUT2D eigenvalue weighted by Crippen LogP contribution is -2.39. The summed E-state index contributed by atoms with van der Waals surface area (Å²) in [7, 11) is 0. The maximum atomic E-state index is 5.36. The number of aromatic nitrogens is 2. The Hall–Kier alpha value is -2.07. The summed E-state index contributed by atoms with van der Waals surface area (Å²) in [5.41, 5.74) is 3.43. The van der Waals surface area contributed by atoms with Gasteiger partial charge in [0.05, 0.1) is 17.3 Å². The zero-order chi connectivity index (χ0) is 11.9. The highest BCUT2D eigenvalue weighted by molar-refractivity contribution is 5.79. The third kappa shape index (κ3) is 1.46. The van der Waals surface area contributed by atoms with Gasteiger partial charge in [0, 0.05) is 19.0 Å². The van der Waals surface area contributed by atoms with E-state index in [1.54, 1.807) is 6.26 Å². The van der Waals surface area contributed by atoms with Gasteiger partial charge in [0.2, 0.25) is 0 Å². The van der Waals surface area contributed by atoms with Crippen LogP contribution in [0.25, 0.3) is 22.6 Å². The molecule has 0 unspecified atom stereocenters. The summed E-state index contributed by atoms with van der Waals surface area (Å²) in [6, 6.07) is 10.2. The molecule has 0 aliphatic carbocycles. The van der Waals surface area contributed by atoms with E-state index in [2.05, 4.69) is 33.5 Å². The number of furan rings is 1. The minimum Gasteiger partial charge on any atom is -0.461 e. The van der Waals surface area contributed by atoms with Gasteiger partial charge in [0.15, 0.2) is 11.6 Å². The highest BCUT2D eigenvalue weighted by atomic mass is 16.3. The van der Waals surface area contributed by atoms with Crippen molar-refractivity contribution in [3.63, 3.8) is 0 Å². The fourth-order valence-electron chi connectivity index (χ4n) is 2.34. The average Bonchev–Trinajstić information content (AvgIpc) is 2.94. The Morgan fingerprint density at radius 2 is 2.17 bits per heavy atom. The Morgan fingerprint density at radius 3 is 2.89 bits per heavy atom. The lowest BCUT2D eigenvalue weighted by Gasteiger charge is -2.27. The molecule has 2 aromatic heterocycles. The zero-order valence-corrected chi connectivity index (χ0v) is 9.81. The average molecular weight is 239 g/mol. The van der Waals surface area contributed by atoms with Crippen LogP contribution in [0.3, 0.4) is 0 Å². The van der Waals surface area contributed by atoms with Crippen LogP contribution in [0.5, 0.6) is 0 Å². The monoisotopic (exact) mass is 239 g/mol. The van der Waals surface area contributed by atoms with Gasteiger partial charge in [-0.2, -0.15) is 0 Å². The summed E-state index contributed by atoms with van der Waals surface area (Å²) in [4.78, 5) is 7.85. The van der Waals surface area contributed by atoms with Crippen LogP contribution in [-0.2, 0) is 0 Å². The van der Waals surface area contributed by atoms with E-state index in [0.29, 0.717) is 5.92 Å². The van der Waals surface area contributed by atoms with E-state index in [4.69, 9.17) is 4.42 Å². The molecule has 1 aliphatic rings. The molecule has 18 heavy (non-hydrogen) atoms. The van der Waals surface area contributed by atoms with Crippen molar-refractivity contribution in [3.05, 3.63) is 42.2 Å². The Bertz CT molecular complexity index is 680. The lowest BCUT2D eigenvalue weighted by molar-refractivity contribution is 0.449. The second-order valence-corrected chi connectivity index (χ2v) is 4.69. The molecule has 4 nitrogen and oxygen atoms in total. The van der Waals surface area contributed by atoms with Crippen LogP contribution in [0.2, 0.25) is 0 Å². The molecule has 2 N–H and O–H groups in total. The van der Waals surface area contributed by atoms with Gasteiger partial charge in [-0.05, 0) is 29.8 Å². The van der Waals surface area contributed by atoms with Crippen molar-refractivity contribution in [3.8, 4) is 11.6 Å². The molecule has 0 atom stereocenters. The lowest BCUT2D eigenvalue weighted by atomic mass is 9.93. The number of benzene rings is 1. The fourth-order valence-corrected chi connectivity index (χ4v) is 2.34. The van der Waals surface area contributed by atoms with Gasteiger partial charge < -0.3 is 14.7 Å². The number of imidazole rings is 1. The second kappa shape index (κ2) is 3.71. The largest absolute Gasteiger partial charge is 0.461 e. The third-order valence-electron chi connectivity index (χ3n) is 3.51. The van der Waals surface area contributed by atoms with Gasteiger partial charge in [-0.15, -0.1) is 0 Å². The van der Waals surface area contributed by atoms with Crippen LogP contribution in [0.1, 0.15) is 11.5 Å². The molecule has 0 spiro atoms. The van der Waals surface area contributed by atoms with Crippen molar-refractivity contribution < 1.29 is 4.42 Å². The van der Waals surface area contributed by atoms with E-state index in [1.807, 2.05) is 12.1 Å². The van der Waals surface area contributed by atoms with Crippen LogP contribution in [0, 0.1) is 0 Å². The predicted molar refractivity (Wildman–Crippen MR) is 69.4 cm³/mol. The summed E-state index contributed by atoms with van der Waals surface area (Å²) in [5, 5.41) is 3.29. The minimum atomic E-state index is 0.643. The number of nitrogens with one attached hydrogen (secondary N) is 2. The molecule has 0 bridgehead atoms. The van der Waals surface area contributed by atoms with Crippen molar-refractivity contribution in [1.82, 2.24) is 15.3 Å². The second-order valence-electron chi connectivity index (χ2n) is 4.69. The van der Waals surface area contributed by atoms with E-state index in [0.717, 1.165) is 35.7 Å². The van der Waals surface area contributed by atoms with Crippen molar-refractivity contribution in [1.29, 1.82) is 0 Å². The van der Waals surface area contributed by atoms with E-state index >= 15 is 0 Å². The van der Waals surface area contributed by atoms with E-state index in [9.17, 15) is 0 Å². The van der Waals surface area contributed by atoms with Crippen LogP contribution in [-0.4, -0.2) is 23.1 Å². The van der Waals surface area contributed by atoms with Gasteiger partial charge in [-0.25, -0.2) is 4.98 Å². The number of rotatable bonds is 2. The molecule has 4 heteroatoms. The molecule has 1 aromatic carbocycles. The number of aromatic amines is 1. The summed E-state index contributed by atoms with van der Waals surface area (Å²) < 4.78 is 5.36. The molecular weight excluding hydrogens is 226 g/mol. The smallest absolute Gasteiger partial charge is 0.174 e. The molecule has 1 aliphatic heterocycles. The summed E-state index contributed by atoms with van der Waals surface area (Å²) in [6.45, 7) is 2.15. The highest BCUT2D eigenvalue weighted by Gasteiger charge is 2.19. The molecule has 1 fully saturated rings. The van der Waals surface area contributed by atoms with Crippen LogP contribution >= 0.6 is 0 Å². The maximum absolute atomic E-state index is 5.36. The predicted octanol–water partition coefficient (Wildman–Crippen LogP) is 2.51. The minimum absolute atomic E-state index is 0.643. The SMILES string of the molecule is c1coc(-c2nc3ccc(C4CNC4)cc3[nH]2)c1. The topological polar surface area (TPSA) is 53.9 Å². The van der Waals surface area contributed by atoms with Crippen LogP contribution < -0.4 is 5.32 Å². The molecule has 0 radical (unpaired) electrons. The third-order valence-corrected chi connectivity index (χ3v) is 3.51. The molecule has 0 amide bonds. The first-order valence-corrected chi connectivity index (χ1v) is 6.14. The van der Waals surface area contributed by atoms with Crippen LogP contribution in [0.4, 0.5) is 0 Å². The van der Waals surface area contributed by atoms with Crippen molar-refractivity contribution >= 4 is 11.0 Å². The number of hydrogen-bond donors (Lipinski definition) is 2. The van der Waals surface area contributed by atoms with E-state index in [1.165, 1.54) is 5.56 Å². The number of fused-ring (bicyclic) bond motifs is 1. The zero-order valence-electron chi connectivity index (χ0n) is 9.81. The van der Waals surface area contributed by atoms with E-state index in [-0.39, 0.29) is 0 Å². The van der Waals surface area contributed by atoms with Gasteiger partial charge >= 0.3 is 0 Å². The first kappa shape index (κ1) is 9.91. The Kier molecular flexibility index (Phi) is 2.04. The first-order chi connectivity index (χ1) is 8.90. The Morgan fingerprint density at radius 1 is 1.22 bits per heavy atom.